The summed E-state index contributed by atoms with van der Waals surface area (Å²) in [6.07, 6.45) is 0. The second kappa shape index (κ2) is 8.47. The topological polar surface area (TPSA) is 88.9 Å². The minimum Gasteiger partial charge on any atom is -0.497 e. The Morgan fingerprint density at radius 2 is 1.55 bits per heavy atom. The van der Waals surface area contributed by atoms with Crippen molar-refractivity contribution in [3.05, 3.63) is 59.8 Å². The van der Waals surface area contributed by atoms with Gasteiger partial charge in [-0.15, -0.1) is 0 Å². The summed E-state index contributed by atoms with van der Waals surface area (Å²) in [5, 5.41) is 4.55. The lowest BCUT2D eigenvalue weighted by molar-refractivity contribution is 0.0549. The van der Waals surface area contributed by atoms with Gasteiger partial charge in [0.15, 0.2) is 5.69 Å². The smallest absolute Gasteiger partial charge is 0.357 e. The molecular formula is C21H20N2O6. The van der Waals surface area contributed by atoms with Gasteiger partial charge in [0.2, 0.25) is 0 Å². The van der Waals surface area contributed by atoms with Crippen LogP contribution in [0.3, 0.4) is 0 Å². The summed E-state index contributed by atoms with van der Waals surface area (Å²) in [5.41, 5.74) is 1.16. The van der Waals surface area contributed by atoms with E-state index in [1.54, 1.807) is 42.5 Å². The fourth-order valence-corrected chi connectivity index (χ4v) is 2.94. The fraction of sp³-hybridized carbons (Fsp3) is 0.190. The third-order valence-electron chi connectivity index (χ3n) is 4.32. The van der Waals surface area contributed by atoms with E-state index in [1.807, 2.05) is 6.07 Å². The molecule has 1 heterocycles. The molecule has 150 valence electrons. The lowest BCUT2D eigenvalue weighted by Gasteiger charge is -2.10. The zero-order valence-electron chi connectivity index (χ0n) is 16.5. The van der Waals surface area contributed by atoms with Crippen LogP contribution in [-0.2, 0) is 9.47 Å². The molecule has 0 aliphatic heterocycles. The second-order valence-corrected chi connectivity index (χ2v) is 5.87. The minimum atomic E-state index is -0.729. The number of esters is 2. The zero-order valence-corrected chi connectivity index (χ0v) is 16.5. The summed E-state index contributed by atoms with van der Waals surface area (Å²) in [4.78, 5) is 25.3. The molecule has 0 saturated heterocycles. The van der Waals surface area contributed by atoms with Crippen LogP contribution in [0.4, 0.5) is 0 Å². The SMILES string of the molecule is COC(=O)c1c(-c2cc(OC)ccc2OC)nn(-c2ccccc2)c1C(=O)OC. The van der Waals surface area contributed by atoms with Gasteiger partial charge >= 0.3 is 11.9 Å². The van der Waals surface area contributed by atoms with Crippen molar-refractivity contribution in [1.82, 2.24) is 9.78 Å². The second-order valence-electron chi connectivity index (χ2n) is 5.87. The molecule has 0 N–H and O–H groups in total. The molecule has 0 aliphatic rings. The number of benzene rings is 2. The van der Waals surface area contributed by atoms with Gasteiger partial charge in [0.05, 0.1) is 34.1 Å². The molecule has 8 heteroatoms. The summed E-state index contributed by atoms with van der Waals surface area (Å²) >= 11 is 0. The molecule has 0 aliphatic carbocycles. The predicted molar refractivity (Wildman–Crippen MR) is 105 cm³/mol. The molecule has 0 amide bonds. The molecule has 0 spiro atoms. The zero-order chi connectivity index (χ0) is 21.0. The normalized spacial score (nSPS) is 10.3. The van der Waals surface area contributed by atoms with Crippen molar-refractivity contribution in [1.29, 1.82) is 0 Å². The first-order chi connectivity index (χ1) is 14.0. The molecule has 3 aromatic rings. The van der Waals surface area contributed by atoms with E-state index in [0.29, 0.717) is 22.7 Å². The van der Waals surface area contributed by atoms with E-state index >= 15 is 0 Å². The molecule has 0 atom stereocenters. The van der Waals surface area contributed by atoms with E-state index in [9.17, 15) is 9.59 Å². The van der Waals surface area contributed by atoms with Crippen molar-refractivity contribution in [2.45, 2.75) is 0 Å². The molecule has 3 rings (SSSR count). The molecule has 0 radical (unpaired) electrons. The Labute approximate surface area is 167 Å². The Morgan fingerprint density at radius 1 is 0.862 bits per heavy atom. The molecular weight excluding hydrogens is 376 g/mol. The number of ether oxygens (including phenoxy) is 4. The molecule has 0 fully saturated rings. The maximum atomic E-state index is 12.7. The van der Waals surface area contributed by atoms with Crippen LogP contribution >= 0.6 is 0 Å². The Bertz CT molecular complexity index is 1040. The first-order valence-corrected chi connectivity index (χ1v) is 8.63. The fourth-order valence-electron chi connectivity index (χ4n) is 2.94. The van der Waals surface area contributed by atoms with Gasteiger partial charge in [-0.2, -0.15) is 5.10 Å². The number of rotatable bonds is 6. The number of methoxy groups -OCH3 is 4. The van der Waals surface area contributed by atoms with Crippen LogP contribution in [-0.4, -0.2) is 50.2 Å². The van der Waals surface area contributed by atoms with Crippen molar-refractivity contribution >= 4 is 11.9 Å². The molecule has 1 aromatic heterocycles. The number of carbonyl (C=O) groups is 2. The van der Waals surface area contributed by atoms with Gasteiger partial charge in [-0.05, 0) is 30.3 Å². The summed E-state index contributed by atoms with van der Waals surface area (Å²) in [6, 6.07) is 14.0. The summed E-state index contributed by atoms with van der Waals surface area (Å²) in [5.74, 6) is -0.474. The average Bonchev–Trinajstić information content (AvgIpc) is 3.18. The van der Waals surface area contributed by atoms with Gasteiger partial charge in [-0.1, -0.05) is 18.2 Å². The van der Waals surface area contributed by atoms with Crippen LogP contribution in [0.2, 0.25) is 0 Å². The highest BCUT2D eigenvalue weighted by molar-refractivity contribution is 6.07. The van der Waals surface area contributed by atoms with E-state index in [1.165, 1.54) is 33.1 Å². The Balaban J connectivity index is 2.40. The van der Waals surface area contributed by atoms with Gasteiger partial charge in [0.25, 0.3) is 0 Å². The maximum Gasteiger partial charge on any atom is 0.357 e. The van der Waals surface area contributed by atoms with E-state index in [0.717, 1.165) is 0 Å². The van der Waals surface area contributed by atoms with Crippen LogP contribution in [0.25, 0.3) is 16.9 Å². The molecule has 0 bridgehead atoms. The van der Waals surface area contributed by atoms with Gasteiger partial charge in [0.1, 0.15) is 22.8 Å². The summed E-state index contributed by atoms with van der Waals surface area (Å²) < 4.78 is 21.9. The van der Waals surface area contributed by atoms with Crippen molar-refractivity contribution in [3.8, 4) is 28.4 Å². The highest BCUT2D eigenvalue weighted by atomic mass is 16.5. The molecule has 29 heavy (non-hydrogen) atoms. The van der Waals surface area contributed by atoms with E-state index in [4.69, 9.17) is 18.9 Å². The minimum absolute atomic E-state index is 0.0326. The molecule has 8 nitrogen and oxygen atoms in total. The van der Waals surface area contributed by atoms with E-state index < -0.39 is 11.9 Å². The number of carbonyl (C=O) groups excluding carboxylic acids is 2. The lowest BCUT2D eigenvalue weighted by Crippen LogP contribution is -2.15. The number of hydrogen-bond acceptors (Lipinski definition) is 7. The molecule has 0 saturated carbocycles. The predicted octanol–water partition coefficient (Wildman–Crippen LogP) is 3.13. The monoisotopic (exact) mass is 396 g/mol. The highest BCUT2D eigenvalue weighted by Gasteiger charge is 2.32. The van der Waals surface area contributed by atoms with Crippen LogP contribution in [0.5, 0.6) is 11.5 Å². The Kier molecular flexibility index (Phi) is 5.82. The van der Waals surface area contributed by atoms with Gasteiger partial charge in [-0.25, -0.2) is 14.3 Å². The third-order valence-corrected chi connectivity index (χ3v) is 4.32. The Morgan fingerprint density at radius 3 is 2.14 bits per heavy atom. The van der Waals surface area contributed by atoms with Gasteiger partial charge < -0.3 is 18.9 Å². The largest absolute Gasteiger partial charge is 0.497 e. The first kappa shape index (κ1) is 19.9. The number of para-hydroxylation sites is 1. The lowest BCUT2D eigenvalue weighted by atomic mass is 10.0. The van der Waals surface area contributed by atoms with Crippen LogP contribution in [0.15, 0.2) is 48.5 Å². The Hall–Kier alpha value is -3.81. The molecule has 0 unspecified atom stereocenters. The van der Waals surface area contributed by atoms with Crippen molar-refractivity contribution < 1.29 is 28.5 Å². The van der Waals surface area contributed by atoms with Gasteiger partial charge in [0, 0.05) is 5.56 Å². The van der Waals surface area contributed by atoms with Gasteiger partial charge in [-0.3, -0.25) is 0 Å². The standard InChI is InChI=1S/C21H20N2O6/c1-26-14-10-11-16(27-2)15(12-14)18-17(20(24)28-3)19(21(25)29-4)23(22-18)13-8-6-5-7-9-13/h5-12H,1-4H3. The van der Waals surface area contributed by atoms with E-state index in [-0.39, 0.29) is 17.0 Å². The quantitative estimate of drug-likeness (QED) is 0.592. The highest BCUT2D eigenvalue weighted by Crippen LogP contribution is 2.37. The number of aromatic nitrogens is 2. The number of nitrogens with zero attached hydrogens (tertiary/aromatic N) is 2. The first-order valence-electron chi connectivity index (χ1n) is 8.63. The van der Waals surface area contributed by atoms with Crippen LogP contribution < -0.4 is 9.47 Å². The van der Waals surface area contributed by atoms with Crippen LogP contribution in [0.1, 0.15) is 20.8 Å². The molecule has 2 aromatic carbocycles. The van der Waals surface area contributed by atoms with E-state index in [2.05, 4.69) is 5.10 Å². The summed E-state index contributed by atoms with van der Waals surface area (Å²) in [7, 11) is 5.49. The van der Waals surface area contributed by atoms with Crippen LogP contribution in [0, 0.1) is 0 Å². The van der Waals surface area contributed by atoms with Crippen molar-refractivity contribution in [3.63, 3.8) is 0 Å². The van der Waals surface area contributed by atoms with Crippen molar-refractivity contribution in [2.24, 2.45) is 0 Å². The average molecular weight is 396 g/mol. The number of hydrogen-bond donors (Lipinski definition) is 0. The van der Waals surface area contributed by atoms with Crippen molar-refractivity contribution in [2.75, 3.05) is 28.4 Å². The maximum absolute atomic E-state index is 12.7. The third kappa shape index (κ3) is 3.64. The summed E-state index contributed by atoms with van der Waals surface area (Å²) in [6.45, 7) is 0.